The van der Waals surface area contributed by atoms with Crippen molar-refractivity contribution in [3.8, 4) is 0 Å². The van der Waals surface area contributed by atoms with Crippen molar-refractivity contribution < 1.29 is 4.92 Å². The van der Waals surface area contributed by atoms with Crippen molar-refractivity contribution >= 4 is 5.82 Å². The lowest BCUT2D eigenvalue weighted by Gasteiger charge is -2.33. The lowest BCUT2D eigenvalue weighted by Crippen LogP contribution is -2.46. The van der Waals surface area contributed by atoms with E-state index in [0.717, 1.165) is 39.3 Å². The van der Waals surface area contributed by atoms with Gasteiger partial charge in [-0.2, -0.15) is 0 Å². The summed E-state index contributed by atoms with van der Waals surface area (Å²) >= 11 is 0. The Hall–Kier alpha value is -1.47. The zero-order valence-corrected chi connectivity index (χ0v) is 11.6. The van der Waals surface area contributed by atoms with Gasteiger partial charge in [0.25, 0.3) is 0 Å². The number of likely N-dealkylation sites (N-methyl/N-ethyl adjacent to an activating group) is 1. The molecule has 1 aromatic heterocycles. The maximum atomic E-state index is 10.9. The Morgan fingerprint density at radius 3 is 2.47 bits per heavy atom. The SMILES string of the molecule is CCN1CCN(CCn2c([N+](=O)[O-])cnc2C)CC1. The van der Waals surface area contributed by atoms with E-state index in [1.807, 2.05) is 6.92 Å². The summed E-state index contributed by atoms with van der Waals surface area (Å²) in [5, 5.41) is 10.9. The van der Waals surface area contributed by atoms with Crippen molar-refractivity contribution in [2.75, 3.05) is 39.3 Å². The molecule has 0 aliphatic carbocycles. The molecule has 1 aliphatic heterocycles. The predicted molar refractivity (Wildman–Crippen MR) is 72.2 cm³/mol. The van der Waals surface area contributed by atoms with Crippen molar-refractivity contribution in [3.05, 3.63) is 22.1 Å². The molecular formula is C12H21N5O2. The van der Waals surface area contributed by atoms with Crippen LogP contribution in [0.15, 0.2) is 6.20 Å². The lowest BCUT2D eigenvalue weighted by atomic mass is 10.3. The van der Waals surface area contributed by atoms with Crippen LogP contribution < -0.4 is 0 Å². The summed E-state index contributed by atoms with van der Waals surface area (Å²) in [6.07, 6.45) is 1.34. The van der Waals surface area contributed by atoms with E-state index >= 15 is 0 Å². The van der Waals surface area contributed by atoms with E-state index in [1.165, 1.54) is 6.20 Å². The molecule has 0 unspecified atom stereocenters. The monoisotopic (exact) mass is 267 g/mol. The molecule has 7 nitrogen and oxygen atoms in total. The second-order valence-electron chi connectivity index (χ2n) is 4.85. The Labute approximate surface area is 113 Å². The van der Waals surface area contributed by atoms with Crippen LogP contribution >= 0.6 is 0 Å². The number of aryl methyl sites for hydroxylation is 1. The fourth-order valence-corrected chi connectivity index (χ4v) is 2.45. The first kappa shape index (κ1) is 14.0. The van der Waals surface area contributed by atoms with Gasteiger partial charge in [0.1, 0.15) is 12.7 Å². The maximum Gasteiger partial charge on any atom is 0.342 e. The summed E-state index contributed by atoms with van der Waals surface area (Å²) in [7, 11) is 0. The molecule has 0 amide bonds. The van der Waals surface area contributed by atoms with Crippen molar-refractivity contribution in [2.45, 2.75) is 20.4 Å². The first-order chi connectivity index (χ1) is 9.11. The quantitative estimate of drug-likeness (QED) is 0.581. The molecule has 0 radical (unpaired) electrons. The van der Waals surface area contributed by atoms with Crippen LogP contribution in [0.25, 0.3) is 0 Å². The molecule has 1 fully saturated rings. The van der Waals surface area contributed by atoms with Crippen molar-refractivity contribution in [1.82, 2.24) is 19.4 Å². The van der Waals surface area contributed by atoms with Crippen molar-refractivity contribution in [2.24, 2.45) is 0 Å². The van der Waals surface area contributed by atoms with Crippen LogP contribution in [-0.4, -0.2) is 63.5 Å². The lowest BCUT2D eigenvalue weighted by molar-refractivity contribution is -0.392. The zero-order valence-electron chi connectivity index (χ0n) is 11.6. The minimum absolute atomic E-state index is 0.0877. The molecule has 2 rings (SSSR count). The second kappa shape index (κ2) is 6.12. The third-order valence-electron chi connectivity index (χ3n) is 3.77. The third kappa shape index (κ3) is 3.30. The standard InChI is InChI=1S/C12H21N5O2/c1-3-14-4-6-15(7-5-14)8-9-16-11(2)13-10-12(16)17(18)19/h10H,3-9H2,1-2H3. The Morgan fingerprint density at radius 2 is 1.89 bits per heavy atom. The molecule has 7 heteroatoms. The highest BCUT2D eigenvalue weighted by Crippen LogP contribution is 2.13. The molecule has 19 heavy (non-hydrogen) atoms. The summed E-state index contributed by atoms with van der Waals surface area (Å²) in [6.45, 7) is 10.8. The molecule has 1 aromatic rings. The van der Waals surface area contributed by atoms with Gasteiger partial charge in [-0.3, -0.25) is 4.90 Å². The van der Waals surface area contributed by atoms with Crippen LogP contribution in [0.3, 0.4) is 0 Å². The normalized spacial score (nSPS) is 17.8. The molecule has 0 aromatic carbocycles. The average Bonchev–Trinajstić information content (AvgIpc) is 2.78. The average molecular weight is 267 g/mol. The summed E-state index contributed by atoms with van der Waals surface area (Å²) in [5.41, 5.74) is 0. The molecule has 1 saturated heterocycles. The molecule has 0 N–H and O–H groups in total. The van der Waals surface area contributed by atoms with Gasteiger partial charge < -0.3 is 15.0 Å². The summed E-state index contributed by atoms with van der Waals surface area (Å²) < 4.78 is 1.69. The fourth-order valence-electron chi connectivity index (χ4n) is 2.45. The van der Waals surface area contributed by atoms with E-state index < -0.39 is 0 Å². The minimum atomic E-state index is -0.366. The van der Waals surface area contributed by atoms with E-state index in [0.29, 0.717) is 12.4 Å². The number of nitro groups is 1. The predicted octanol–water partition coefficient (Wildman–Crippen LogP) is 0.737. The van der Waals surface area contributed by atoms with Gasteiger partial charge in [-0.05, 0) is 11.5 Å². The Balaban J connectivity index is 1.89. The van der Waals surface area contributed by atoms with Gasteiger partial charge in [0, 0.05) is 39.6 Å². The first-order valence-electron chi connectivity index (χ1n) is 6.73. The molecule has 0 atom stereocenters. The van der Waals surface area contributed by atoms with Crippen LogP contribution in [0, 0.1) is 17.0 Å². The minimum Gasteiger partial charge on any atom is -0.358 e. The van der Waals surface area contributed by atoms with Crippen LogP contribution in [0.2, 0.25) is 0 Å². The number of hydrogen-bond donors (Lipinski definition) is 0. The summed E-state index contributed by atoms with van der Waals surface area (Å²) in [4.78, 5) is 19.3. The maximum absolute atomic E-state index is 10.9. The summed E-state index contributed by atoms with van der Waals surface area (Å²) in [5.74, 6) is 0.795. The van der Waals surface area contributed by atoms with E-state index in [1.54, 1.807) is 4.57 Å². The van der Waals surface area contributed by atoms with E-state index in [2.05, 4.69) is 21.7 Å². The highest BCUT2D eigenvalue weighted by atomic mass is 16.6. The molecule has 2 heterocycles. The van der Waals surface area contributed by atoms with Crippen LogP contribution in [-0.2, 0) is 6.54 Å². The van der Waals surface area contributed by atoms with Gasteiger partial charge in [-0.25, -0.2) is 9.55 Å². The van der Waals surface area contributed by atoms with Crippen LogP contribution in [0.4, 0.5) is 5.82 Å². The first-order valence-corrected chi connectivity index (χ1v) is 6.73. The third-order valence-corrected chi connectivity index (χ3v) is 3.77. The van der Waals surface area contributed by atoms with Crippen molar-refractivity contribution in [1.29, 1.82) is 0 Å². The Kier molecular flexibility index (Phi) is 4.49. The van der Waals surface area contributed by atoms with Gasteiger partial charge in [0.15, 0.2) is 5.82 Å². The largest absolute Gasteiger partial charge is 0.358 e. The molecular weight excluding hydrogens is 246 g/mol. The highest BCUT2D eigenvalue weighted by molar-refractivity contribution is 5.18. The van der Waals surface area contributed by atoms with Crippen LogP contribution in [0.1, 0.15) is 12.7 Å². The molecule has 0 spiro atoms. The highest BCUT2D eigenvalue weighted by Gasteiger charge is 2.20. The van der Waals surface area contributed by atoms with Crippen LogP contribution in [0.5, 0.6) is 0 Å². The zero-order chi connectivity index (χ0) is 13.8. The number of piperazine rings is 1. The molecule has 0 bridgehead atoms. The second-order valence-corrected chi connectivity index (χ2v) is 4.85. The number of imidazole rings is 1. The molecule has 106 valence electrons. The number of nitrogens with zero attached hydrogens (tertiary/aromatic N) is 5. The van der Waals surface area contributed by atoms with Gasteiger partial charge in [0.2, 0.25) is 0 Å². The molecule has 0 saturated carbocycles. The van der Waals surface area contributed by atoms with E-state index in [9.17, 15) is 10.1 Å². The van der Waals surface area contributed by atoms with E-state index in [4.69, 9.17) is 0 Å². The molecule has 1 aliphatic rings. The van der Waals surface area contributed by atoms with E-state index in [-0.39, 0.29) is 10.7 Å². The van der Waals surface area contributed by atoms with Gasteiger partial charge >= 0.3 is 5.82 Å². The van der Waals surface area contributed by atoms with Gasteiger partial charge in [-0.1, -0.05) is 6.92 Å². The fraction of sp³-hybridized carbons (Fsp3) is 0.750. The Morgan fingerprint density at radius 1 is 1.26 bits per heavy atom. The van der Waals surface area contributed by atoms with Gasteiger partial charge in [-0.15, -0.1) is 0 Å². The number of hydrogen-bond acceptors (Lipinski definition) is 5. The topological polar surface area (TPSA) is 67.4 Å². The summed E-state index contributed by atoms with van der Waals surface area (Å²) in [6, 6.07) is 0. The van der Waals surface area contributed by atoms with Gasteiger partial charge in [0.05, 0.1) is 0 Å². The van der Waals surface area contributed by atoms with Crippen molar-refractivity contribution in [3.63, 3.8) is 0 Å². The Bertz CT molecular complexity index is 437. The number of rotatable bonds is 5. The number of aromatic nitrogens is 2. The smallest absolute Gasteiger partial charge is 0.342 e.